The number of hydrogen-bond donors (Lipinski definition) is 4. The molecule has 98 valence electrons. The standard InChI is InChI=1S/C11H20N2O4/c12-8-3-1-7(2-4-8)10(15)13-9(5-6-14)11(16)17/h7-9,14H,1-6,12H2,(H,13,15)(H,16,17)/t7?,8?,9-/m0/s1. The second kappa shape index (κ2) is 6.56. The fraction of sp³-hybridized carbons (Fsp3) is 0.818. The smallest absolute Gasteiger partial charge is 0.326 e. The van der Waals surface area contributed by atoms with Crippen LogP contribution >= 0.6 is 0 Å². The maximum Gasteiger partial charge on any atom is 0.326 e. The summed E-state index contributed by atoms with van der Waals surface area (Å²) in [6, 6.07) is -0.838. The van der Waals surface area contributed by atoms with Gasteiger partial charge in [-0.15, -0.1) is 0 Å². The van der Waals surface area contributed by atoms with Crippen molar-refractivity contribution in [1.29, 1.82) is 0 Å². The molecule has 5 N–H and O–H groups in total. The summed E-state index contributed by atoms with van der Waals surface area (Å²) in [4.78, 5) is 22.6. The molecule has 0 bridgehead atoms. The van der Waals surface area contributed by atoms with Gasteiger partial charge in [-0.1, -0.05) is 0 Å². The van der Waals surface area contributed by atoms with Crippen LogP contribution in [0.15, 0.2) is 0 Å². The first-order chi connectivity index (χ1) is 8.04. The number of aliphatic carboxylic acids is 1. The Hall–Kier alpha value is -1.14. The summed E-state index contributed by atoms with van der Waals surface area (Å²) in [6.07, 6.45) is 3.05. The van der Waals surface area contributed by atoms with Gasteiger partial charge in [0.1, 0.15) is 6.04 Å². The first-order valence-electron chi connectivity index (χ1n) is 5.94. The molecule has 1 rings (SSSR count). The maximum absolute atomic E-state index is 11.8. The second-order valence-electron chi connectivity index (χ2n) is 4.52. The van der Waals surface area contributed by atoms with Crippen molar-refractivity contribution in [3.63, 3.8) is 0 Å². The molecule has 1 fully saturated rings. The molecular formula is C11H20N2O4. The average Bonchev–Trinajstić information content (AvgIpc) is 2.29. The Morgan fingerprint density at radius 3 is 2.35 bits per heavy atom. The van der Waals surface area contributed by atoms with E-state index in [4.69, 9.17) is 15.9 Å². The number of hydrogen-bond acceptors (Lipinski definition) is 4. The number of carbonyl (C=O) groups is 2. The third-order valence-corrected chi connectivity index (χ3v) is 3.17. The van der Waals surface area contributed by atoms with Gasteiger partial charge in [0, 0.05) is 25.0 Å². The van der Waals surface area contributed by atoms with E-state index < -0.39 is 12.0 Å². The third-order valence-electron chi connectivity index (χ3n) is 3.17. The van der Waals surface area contributed by atoms with Gasteiger partial charge in [-0.25, -0.2) is 4.79 Å². The van der Waals surface area contributed by atoms with E-state index in [-0.39, 0.29) is 30.9 Å². The van der Waals surface area contributed by atoms with Crippen LogP contribution in [-0.4, -0.2) is 40.8 Å². The Kier molecular flexibility index (Phi) is 5.37. The number of nitrogens with one attached hydrogen (secondary N) is 1. The molecule has 0 unspecified atom stereocenters. The Bertz CT molecular complexity index is 275. The van der Waals surface area contributed by atoms with Crippen molar-refractivity contribution in [3.8, 4) is 0 Å². The number of rotatable bonds is 5. The van der Waals surface area contributed by atoms with Crippen molar-refractivity contribution in [1.82, 2.24) is 5.32 Å². The Morgan fingerprint density at radius 1 is 1.29 bits per heavy atom. The summed E-state index contributed by atoms with van der Waals surface area (Å²) >= 11 is 0. The van der Waals surface area contributed by atoms with Gasteiger partial charge < -0.3 is 21.3 Å². The first-order valence-corrected chi connectivity index (χ1v) is 5.94. The van der Waals surface area contributed by atoms with Crippen LogP contribution in [0.25, 0.3) is 0 Å². The van der Waals surface area contributed by atoms with Gasteiger partial charge in [-0.05, 0) is 25.7 Å². The fourth-order valence-corrected chi connectivity index (χ4v) is 2.06. The van der Waals surface area contributed by atoms with Crippen molar-refractivity contribution < 1.29 is 19.8 Å². The Labute approximate surface area is 100 Å². The Balaban J connectivity index is 2.44. The van der Waals surface area contributed by atoms with Crippen molar-refractivity contribution in [3.05, 3.63) is 0 Å². The van der Waals surface area contributed by atoms with E-state index in [1.165, 1.54) is 0 Å². The van der Waals surface area contributed by atoms with E-state index in [9.17, 15) is 9.59 Å². The molecule has 0 saturated heterocycles. The summed E-state index contributed by atoms with van der Waals surface area (Å²) in [6.45, 7) is -0.257. The van der Waals surface area contributed by atoms with Gasteiger partial charge in [-0.2, -0.15) is 0 Å². The lowest BCUT2D eigenvalue weighted by atomic mass is 9.86. The highest BCUT2D eigenvalue weighted by Gasteiger charge is 2.27. The van der Waals surface area contributed by atoms with Crippen LogP contribution in [0.3, 0.4) is 0 Å². The minimum Gasteiger partial charge on any atom is -0.480 e. The minimum absolute atomic E-state index is 0.0350. The summed E-state index contributed by atoms with van der Waals surface area (Å²) in [7, 11) is 0. The predicted molar refractivity (Wildman–Crippen MR) is 61.2 cm³/mol. The summed E-state index contributed by atoms with van der Waals surface area (Å²) in [5.74, 6) is -1.49. The number of nitrogens with two attached hydrogens (primary N) is 1. The van der Waals surface area contributed by atoms with E-state index in [1.807, 2.05) is 0 Å². The van der Waals surface area contributed by atoms with Gasteiger partial charge in [-0.3, -0.25) is 4.79 Å². The number of amides is 1. The Morgan fingerprint density at radius 2 is 1.88 bits per heavy atom. The van der Waals surface area contributed by atoms with Gasteiger partial charge >= 0.3 is 5.97 Å². The molecule has 1 aliphatic rings. The summed E-state index contributed by atoms with van der Waals surface area (Å²) in [5, 5.41) is 20.0. The van der Waals surface area contributed by atoms with E-state index in [0.29, 0.717) is 12.8 Å². The predicted octanol–water partition coefficient (Wildman–Crippen LogP) is -0.544. The van der Waals surface area contributed by atoms with Gasteiger partial charge in [0.25, 0.3) is 0 Å². The topological polar surface area (TPSA) is 113 Å². The molecule has 0 heterocycles. The van der Waals surface area contributed by atoms with E-state index >= 15 is 0 Å². The molecular weight excluding hydrogens is 224 g/mol. The molecule has 0 spiro atoms. The van der Waals surface area contributed by atoms with Crippen LogP contribution in [-0.2, 0) is 9.59 Å². The first kappa shape index (κ1) is 13.9. The highest BCUT2D eigenvalue weighted by atomic mass is 16.4. The van der Waals surface area contributed by atoms with Crippen LogP contribution in [0, 0.1) is 5.92 Å². The van der Waals surface area contributed by atoms with E-state index in [1.54, 1.807) is 0 Å². The van der Waals surface area contributed by atoms with Crippen LogP contribution in [0.5, 0.6) is 0 Å². The second-order valence-corrected chi connectivity index (χ2v) is 4.52. The van der Waals surface area contributed by atoms with Crippen LogP contribution in [0.2, 0.25) is 0 Å². The normalized spacial score (nSPS) is 26.2. The van der Waals surface area contributed by atoms with Crippen LogP contribution in [0.1, 0.15) is 32.1 Å². The van der Waals surface area contributed by atoms with Crippen LogP contribution < -0.4 is 11.1 Å². The quantitative estimate of drug-likeness (QED) is 0.518. The number of carbonyl (C=O) groups excluding carboxylic acids is 1. The molecule has 1 aliphatic carbocycles. The zero-order valence-corrected chi connectivity index (χ0v) is 9.76. The highest BCUT2D eigenvalue weighted by molar-refractivity contribution is 5.85. The van der Waals surface area contributed by atoms with Crippen molar-refractivity contribution in [2.45, 2.75) is 44.2 Å². The van der Waals surface area contributed by atoms with Crippen molar-refractivity contribution in [2.75, 3.05) is 6.61 Å². The lowest BCUT2D eigenvalue weighted by molar-refractivity contribution is -0.143. The largest absolute Gasteiger partial charge is 0.480 e. The zero-order chi connectivity index (χ0) is 12.8. The van der Waals surface area contributed by atoms with Crippen LogP contribution in [0.4, 0.5) is 0 Å². The number of carboxylic acids is 1. The highest BCUT2D eigenvalue weighted by Crippen LogP contribution is 2.23. The number of aliphatic hydroxyl groups excluding tert-OH is 1. The molecule has 0 radical (unpaired) electrons. The number of aliphatic hydroxyl groups is 1. The summed E-state index contributed by atoms with van der Waals surface area (Å²) in [5.41, 5.74) is 5.74. The lowest BCUT2D eigenvalue weighted by Gasteiger charge is -2.26. The summed E-state index contributed by atoms with van der Waals surface area (Å²) < 4.78 is 0. The monoisotopic (exact) mass is 244 g/mol. The minimum atomic E-state index is -1.11. The molecule has 1 saturated carbocycles. The SMILES string of the molecule is NC1CCC(C(=O)N[C@@H](CCO)C(=O)O)CC1. The van der Waals surface area contributed by atoms with Crippen molar-refractivity contribution >= 4 is 11.9 Å². The molecule has 1 atom stereocenters. The third kappa shape index (κ3) is 4.32. The molecule has 0 aromatic heterocycles. The molecule has 6 heteroatoms. The van der Waals surface area contributed by atoms with Gasteiger partial charge in [0.05, 0.1) is 0 Å². The van der Waals surface area contributed by atoms with Gasteiger partial charge in [0.2, 0.25) is 5.91 Å². The fourth-order valence-electron chi connectivity index (χ4n) is 2.06. The number of carboxylic acid groups (broad SMARTS) is 1. The maximum atomic E-state index is 11.8. The van der Waals surface area contributed by atoms with E-state index in [0.717, 1.165) is 12.8 Å². The lowest BCUT2D eigenvalue weighted by Crippen LogP contribution is -2.45. The zero-order valence-electron chi connectivity index (χ0n) is 9.76. The van der Waals surface area contributed by atoms with Gasteiger partial charge in [0.15, 0.2) is 0 Å². The molecule has 0 aromatic carbocycles. The molecule has 0 aliphatic heterocycles. The van der Waals surface area contributed by atoms with E-state index in [2.05, 4.69) is 5.32 Å². The molecule has 17 heavy (non-hydrogen) atoms. The average molecular weight is 244 g/mol. The van der Waals surface area contributed by atoms with Crippen molar-refractivity contribution in [2.24, 2.45) is 11.7 Å². The molecule has 6 nitrogen and oxygen atoms in total. The molecule has 0 aromatic rings. The molecule has 1 amide bonds.